The molecule has 0 atom stereocenters. The molecule has 4 heteroatoms. The molecule has 0 amide bonds. The summed E-state index contributed by atoms with van der Waals surface area (Å²) in [5.41, 5.74) is 6.60. The van der Waals surface area contributed by atoms with Crippen molar-refractivity contribution in [3.8, 4) is 0 Å². The number of nitrogen functional groups attached to an aromatic ring is 1. The second kappa shape index (κ2) is 2.49. The van der Waals surface area contributed by atoms with Gasteiger partial charge >= 0.3 is 0 Å². The van der Waals surface area contributed by atoms with Gasteiger partial charge in [-0.25, -0.2) is 4.98 Å². The molecule has 1 aromatic carbocycles. The number of hydrogen-bond donors (Lipinski definition) is 3. The molecule has 1 heterocycles. The third-order valence-electron chi connectivity index (χ3n) is 2.00. The van der Waals surface area contributed by atoms with E-state index in [1.54, 1.807) is 6.33 Å². The first kappa shape index (κ1) is 7.12. The van der Waals surface area contributed by atoms with Crippen molar-refractivity contribution >= 4 is 16.7 Å². The van der Waals surface area contributed by atoms with Gasteiger partial charge in [-0.1, -0.05) is 0 Å². The molecule has 0 spiro atoms. The maximum atomic E-state index is 5.32. The summed E-state index contributed by atoms with van der Waals surface area (Å²) < 4.78 is 0. The lowest BCUT2D eigenvalue weighted by molar-refractivity contribution is 1.31. The maximum Gasteiger partial charge on any atom is 0.0932 e. The van der Waals surface area contributed by atoms with Gasteiger partial charge in [-0.2, -0.15) is 0 Å². The fourth-order valence-electron chi connectivity index (χ4n) is 1.31. The molecule has 2 aromatic rings. The Hall–Kier alpha value is -1.55. The highest BCUT2D eigenvalue weighted by Gasteiger charge is 2.02. The van der Waals surface area contributed by atoms with Crippen LogP contribution in [0.25, 0.3) is 11.0 Å². The number of aryl methyl sites for hydroxylation is 1. The number of imidazole rings is 1. The van der Waals surface area contributed by atoms with Gasteiger partial charge in [-0.15, -0.1) is 0 Å². The van der Waals surface area contributed by atoms with E-state index in [1.807, 2.05) is 19.1 Å². The van der Waals surface area contributed by atoms with Gasteiger partial charge in [0.25, 0.3) is 0 Å². The Morgan fingerprint density at radius 1 is 1.50 bits per heavy atom. The number of anilines is 1. The highest BCUT2D eigenvalue weighted by Crippen LogP contribution is 2.21. The fourth-order valence-corrected chi connectivity index (χ4v) is 1.31. The summed E-state index contributed by atoms with van der Waals surface area (Å²) in [5, 5.41) is 0. The van der Waals surface area contributed by atoms with E-state index in [2.05, 4.69) is 15.4 Å². The molecule has 4 N–H and O–H groups in total. The second-order valence-corrected chi connectivity index (χ2v) is 2.68. The number of rotatable bonds is 1. The molecule has 0 unspecified atom stereocenters. The van der Waals surface area contributed by atoms with Crippen LogP contribution >= 0.6 is 0 Å². The average molecular weight is 162 g/mol. The highest BCUT2D eigenvalue weighted by molar-refractivity contribution is 5.83. The van der Waals surface area contributed by atoms with Crippen molar-refractivity contribution in [3.05, 3.63) is 24.0 Å². The zero-order chi connectivity index (χ0) is 8.55. The van der Waals surface area contributed by atoms with Crippen molar-refractivity contribution in [2.24, 2.45) is 5.84 Å². The summed E-state index contributed by atoms with van der Waals surface area (Å²) >= 11 is 0. The van der Waals surface area contributed by atoms with Crippen molar-refractivity contribution in [3.63, 3.8) is 0 Å². The average Bonchev–Trinajstić information content (AvgIpc) is 2.53. The Labute approximate surface area is 69.8 Å². The standard InChI is InChI=1S/C8H10N4/c1-5-6(12-9)2-3-7-8(5)11-4-10-7/h2-4,12H,9H2,1H3,(H,10,11). The SMILES string of the molecule is Cc1c(NN)ccc2[nH]cnc12. The minimum atomic E-state index is 0.912. The molecular weight excluding hydrogens is 152 g/mol. The van der Waals surface area contributed by atoms with Crippen LogP contribution in [0.4, 0.5) is 5.69 Å². The Bertz CT molecular complexity index is 404. The zero-order valence-electron chi connectivity index (χ0n) is 6.76. The lowest BCUT2D eigenvalue weighted by Gasteiger charge is -2.03. The number of hydrogen-bond acceptors (Lipinski definition) is 3. The van der Waals surface area contributed by atoms with Gasteiger partial charge in [0.1, 0.15) is 0 Å². The summed E-state index contributed by atoms with van der Waals surface area (Å²) in [7, 11) is 0. The number of nitrogens with zero attached hydrogens (tertiary/aromatic N) is 1. The molecule has 0 aliphatic carbocycles. The Morgan fingerprint density at radius 2 is 2.33 bits per heavy atom. The van der Waals surface area contributed by atoms with E-state index in [4.69, 9.17) is 5.84 Å². The van der Waals surface area contributed by atoms with Gasteiger partial charge in [0.2, 0.25) is 0 Å². The molecule has 0 aliphatic heterocycles. The first-order valence-corrected chi connectivity index (χ1v) is 3.72. The van der Waals surface area contributed by atoms with E-state index in [-0.39, 0.29) is 0 Å². The van der Waals surface area contributed by atoms with Crippen molar-refractivity contribution < 1.29 is 0 Å². The summed E-state index contributed by atoms with van der Waals surface area (Å²) in [5.74, 6) is 5.32. The van der Waals surface area contributed by atoms with Crippen LogP contribution in [-0.2, 0) is 0 Å². The quantitative estimate of drug-likeness (QED) is 0.435. The largest absolute Gasteiger partial charge is 0.345 e. The molecule has 0 aliphatic rings. The van der Waals surface area contributed by atoms with Crippen molar-refractivity contribution in [2.75, 3.05) is 5.43 Å². The van der Waals surface area contributed by atoms with Crippen LogP contribution in [-0.4, -0.2) is 9.97 Å². The van der Waals surface area contributed by atoms with Crippen molar-refractivity contribution in [1.82, 2.24) is 9.97 Å². The summed E-state index contributed by atoms with van der Waals surface area (Å²) in [6.07, 6.45) is 1.68. The third kappa shape index (κ3) is 0.853. The molecule has 0 saturated heterocycles. The predicted molar refractivity (Wildman–Crippen MR) is 48.6 cm³/mol. The van der Waals surface area contributed by atoms with E-state index in [9.17, 15) is 0 Å². The van der Waals surface area contributed by atoms with Gasteiger partial charge in [0.05, 0.1) is 23.0 Å². The maximum absolute atomic E-state index is 5.32. The minimum Gasteiger partial charge on any atom is -0.345 e. The first-order chi connectivity index (χ1) is 5.83. The normalized spacial score (nSPS) is 10.5. The van der Waals surface area contributed by atoms with Crippen LogP contribution in [0.2, 0.25) is 0 Å². The third-order valence-corrected chi connectivity index (χ3v) is 2.00. The smallest absolute Gasteiger partial charge is 0.0932 e. The van der Waals surface area contributed by atoms with Crippen LogP contribution < -0.4 is 11.3 Å². The summed E-state index contributed by atoms with van der Waals surface area (Å²) in [6.45, 7) is 1.98. The molecule has 0 saturated carbocycles. The lowest BCUT2D eigenvalue weighted by atomic mass is 10.1. The molecule has 0 bridgehead atoms. The number of benzene rings is 1. The molecule has 62 valence electrons. The van der Waals surface area contributed by atoms with Gasteiger partial charge in [0, 0.05) is 5.56 Å². The summed E-state index contributed by atoms with van der Waals surface area (Å²) in [6, 6.07) is 3.88. The monoisotopic (exact) mass is 162 g/mol. The van der Waals surface area contributed by atoms with Crippen LogP contribution in [0.1, 0.15) is 5.56 Å². The molecular formula is C8H10N4. The Balaban J connectivity index is 2.78. The van der Waals surface area contributed by atoms with Crippen LogP contribution in [0.15, 0.2) is 18.5 Å². The Morgan fingerprint density at radius 3 is 3.08 bits per heavy atom. The zero-order valence-corrected chi connectivity index (χ0v) is 6.76. The number of fused-ring (bicyclic) bond motifs is 1. The van der Waals surface area contributed by atoms with E-state index in [1.165, 1.54) is 0 Å². The molecule has 0 fully saturated rings. The number of nitrogens with two attached hydrogens (primary N) is 1. The van der Waals surface area contributed by atoms with E-state index in [0.29, 0.717) is 0 Å². The number of hydrazine groups is 1. The second-order valence-electron chi connectivity index (χ2n) is 2.68. The van der Waals surface area contributed by atoms with Gasteiger partial charge in [-0.3, -0.25) is 5.84 Å². The Kier molecular flexibility index (Phi) is 1.48. The summed E-state index contributed by atoms with van der Waals surface area (Å²) in [4.78, 5) is 7.21. The minimum absolute atomic E-state index is 0.912. The van der Waals surface area contributed by atoms with E-state index in [0.717, 1.165) is 22.3 Å². The van der Waals surface area contributed by atoms with E-state index < -0.39 is 0 Å². The lowest BCUT2D eigenvalue weighted by Crippen LogP contribution is -2.08. The van der Waals surface area contributed by atoms with Gasteiger partial charge < -0.3 is 10.4 Å². The van der Waals surface area contributed by atoms with Gasteiger partial charge in [-0.05, 0) is 19.1 Å². The fraction of sp³-hybridized carbons (Fsp3) is 0.125. The number of aromatic nitrogens is 2. The van der Waals surface area contributed by atoms with Gasteiger partial charge in [0.15, 0.2) is 0 Å². The predicted octanol–water partition coefficient (Wildman–Crippen LogP) is 1.16. The van der Waals surface area contributed by atoms with Crippen molar-refractivity contribution in [2.45, 2.75) is 6.92 Å². The van der Waals surface area contributed by atoms with Crippen LogP contribution in [0, 0.1) is 6.92 Å². The first-order valence-electron chi connectivity index (χ1n) is 3.72. The van der Waals surface area contributed by atoms with Crippen LogP contribution in [0.3, 0.4) is 0 Å². The molecule has 0 radical (unpaired) electrons. The molecule has 1 aromatic heterocycles. The highest BCUT2D eigenvalue weighted by atomic mass is 15.2. The number of nitrogens with one attached hydrogen (secondary N) is 2. The van der Waals surface area contributed by atoms with Crippen molar-refractivity contribution in [1.29, 1.82) is 0 Å². The topological polar surface area (TPSA) is 66.7 Å². The number of aromatic amines is 1. The van der Waals surface area contributed by atoms with Crippen LogP contribution in [0.5, 0.6) is 0 Å². The van der Waals surface area contributed by atoms with E-state index >= 15 is 0 Å². The molecule has 2 rings (SSSR count). The molecule has 12 heavy (non-hydrogen) atoms. The number of H-pyrrole nitrogens is 1. The molecule has 4 nitrogen and oxygen atoms in total.